The molecule has 1 aliphatic heterocycles. The zero-order chi connectivity index (χ0) is 24.4. The summed E-state index contributed by atoms with van der Waals surface area (Å²) >= 11 is 9.20. The third kappa shape index (κ3) is 5.07. The van der Waals surface area contributed by atoms with Crippen molar-refractivity contribution in [2.75, 3.05) is 13.9 Å². The third-order valence-corrected chi connectivity index (χ3v) is 7.54. The number of benzene rings is 3. The molecule has 1 aliphatic rings. The predicted molar refractivity (Wildman–Crippen MR) is 134 cm³/mol. The highest BCUT2D eigenvalue weighted by Crippen LogP contribution is 2.40. The van der Waals surface area contributed by atoms with Gasteiger partial charge in [0.1, 0.15) is 10.8 Å². The summed E-state index contributed by atoms with van der Waals surface area (Å²) in [7, 11) is 1.60. The lowest BCUT2D eigenvalue weighted by atomic mass is 10.2. The Hall–Kier alpha value is -3.27. The molecule has 10 heteroatoms. The fraction of sp³-hybridized carbons (Fsp3) is 0.120. The number of methoxy groups -OCH3 is 1. The Balaban J connectivity index is 1.57. The van der Waals surface area contributed by atoms with Crippen molar-refractivity contribution >= 4 is 41.1 Å². The molecule has 0 spiro atoms. The van der Waals surface area contributed by atoms with Crippen LogP contribution in [0.3, 0.4) is 0 Å². The van der Waals surface area contributed by atoms with Crippen LogP contribution in [0.4, 0.5) is 0 Å². The Morgan fingerprint density at radius 2 is 1.74 bits per heavy atom. The summed E-state index contributed by atoms with van der Waals surface area (Å²) in [5.74, 6) is 0.783. The van der Waals surface area contributed by atoms with Crippen LogP contribution in [0.15, 0.2) is 86.7 Å². The van der Waals surface area contributed by atoms with Gasteiger partial charge in [-0.1, -0.05) is 53.3 Å². The number of carboxylic acid groups (broad SMARTS) is 1. The van der Waals surface area contributed by atoms with Gasteiger partial charge in [0.25, 0.3) is 0 Å². The SMILES string of the molecule is COc1ccc(Sc2nc(Sc3ccccc3)n(Cc3cc4c(cc3Cl)OCO4)c2C(=O)O)cc1. The van der Waals surface area contributed by atoms with E-state index in [-0.39, 0.29) is 19.0 Å². The van der Waals surface area contributed by atoms with Crippen molar-refractivity contribution in [2.45, 2.75) is 26.5 Å². The molecule has 0 aliphatic carbocycles. The first-order chi connectivity index (χ1) is 17.0. The molecule has 0 saturated heterocycles. The zero-order valence-corrected chi connectivity index (χ0v) is 20.8. The number of hydrogen-bond acceptors (Lipinski definition) is 7. The zero-order valence-electron chi connectivity index (χ0n) is 18.4. The Labute approximate surface area is 215 Å². The average molecular weight is 527 g/mol. The Morgan fingerprint density at radius 3 is 2.43 bits per heavy atom. The first-order valence-electron chi connectivity index (χ1n) is 10.5. The van der Waals surface area contributed by atoms with Gasteiger partial charge in [-0.25, -0.2) is 9.78 Å². The van der Waals surface area contributed by atoms with Crippen molar-refractivity contribution in [3.63, 3.8) is 0 Å². The van der Waals surface area contributed by atoms with Crippen LogP contribution in [-0.2, 0) is 6.54 Å². The van der Waals surface area contributed by atoms with Gasteiger partial charge in [0.15, 0.2) is 22.3 Å². The maximum absolute atomic E-state index is 12.5. The number of carboxylic acids is 1. The smallest absolute Gasteiger partial charge is 0.355 e. The second-order valence-corrected chi connectivity index (χ2v) is 9.94. The highest BCUT2D eigenvalue weighted by molar-refractivity contribution is 8.00. The molecule has 0 fully saturated rings. The van der Waals surface area contributed by atoms with Gasteiger partial charge in [0, 0.05) is 20.9 Å². The summed E-state index contributed by atoms with van der Waals surface area (Å²) < 4.78 is 17.8. The minimum Gasteiger partial charge on any atom is -0.497 e. The Bertz CT molecular complexity index is 1380. The molecule has 0 amide bonds. The quantitative estimate of drug-likeness (QED) is 0.285. The van der Waals surface area contributed by atoms with Crippen molar-refractivity contribution in [1.82, 2.24) is 9.55 Å². The molecule has 0 bridgehead atoms. The van der Waals surface area contributed by atoms with Crippen molar-refractivity contribution in [1.29, 1.82) is 0 Å². The minimum absolute atomic E-state index is 0.0815. The molecular formula is C25H19ClN2O5S2. The van der Waals surface area contributed by atoms with E-state index in [1.165, 1.54) is 23.5 Å². The molecular weight excluding hydrogens is 508 g/mol. The van der Waals surface area contributed by atoms with Crippen LogP contribution in [0, 0.1) is 0 Å². The van der Waals surface area contributed by atoms with Crippen LogP contribution in [0.5, 0.6) is 17.2 Å². The summed E-state index contributed by atoms with van der Waals surface area (Å²) in [6, 6.07) is 20.5. The lowest BCUT2D eigenvalue weighted by Gasteiger charge is -2.12. The molecule has 0 saturated carbocycles. The molecule has 0 unspecified atom stereocenters. The van der Waals surface area contributed by atoms with E-state index < -0.39 is 5.97 Å². The predicted octanol–water partition coefficient (Wildman–Crippen LogP) is 6.32. The summed E-state index contributed by atoms with van der Waals surface area (Å²) in [5, 5.41) is 11.6. The molecule has 178 valence electrons. The highest BCUT2D eigenvalue weighted by Gasteiger charge is 2.26. The van der Waals surface area contributed by atoms with E-state index in [9.17, 15) is 9.90 Å². The van der Waals surface area contributed by atoms with Crippen molar-refractivity contribution in [2.24, 2.45) is 0 Å². The Morgan fingerprint density at radius 1 is 1.06 bits per heavy atom. The van der Waals surface area contributed by atoms with E-state index in [0.717, 1.165) is 15.5 Å². The second-order valence-electron chi connectivity index (χ2n) is 7.43. The molecule has 5 rings (SSSR count). The summed E-state index contributed by atoms with van der Waals surface area (Å²) in [6.07, 6.45) is 0. The van der Waals surface area contributed by atoms with Gasteiger partial charge >= 0.3 is 5.97 Å². The highest BCUT2D eigenvalue weighted by atomic mass is 35.5. The molecule has 35 heavy (non-hydrogen) atoms. The van der Waals surface area contributed by atoms with Crippen LogP contribution in [0.25, 0.3) is 0 Å². The lowest BCUT2D eigenvalue weighted by molar-refractivity contribution is 0.0680. The number of halogens is 1. The summed E-state index contributed by atoms with van der Waals surface area (Å²) in [4.78, 5) is 19.0. The number of carbonyl (C=O) groups is 1. The van der Waals surface area contributed by atoms with Crippen LogP contribution in [-0.4, -0.2) is 34.5 Å². The summed E-state index contributed by atoms with van der Waals surface area (Å²) in [5.41, 5.74) is 0.782. The number of fused-ring (bicyclic) bond motifs is 1. The van der Waals surface area contributed by atoms with Gasteiger partial charge in [-0.3, -0.25) is 0 Å². The number of imidazole rings is 1. The monoisotopic (exact) mass is 526 g/mol. The Kier molecular flexibility index (Phi) is 6.81. The van der Waals surface area contributed by atoms with E-state index in [0.29, 0.717) is 32.3 Å². The largest absolute Gasteiger partial charge is 0.497 e. The van der Waals surface area contributed by atoms with E-state index >= 15 is 0 Å². The number of ether oxygens (including phenoxy) is 3. The number of nitrogens with zero attached hydrogens (tertiary/aromatic N) is 2. The van der Waals surface area contributed by atoms with Crippen molar-refractivity contribution in [3.8, 4) is 17.2 Å². The normalized spacial score (nSPS) is 12.1. The van der Waals surface area contributed by atoms with Gasteiger partial charge < -0.3 is 23.9 Å². The van der Waals surface area contributed by atoms with Crippen LogP contribution in [0.2, 0.25) is 5.02 Å². The number of aromatic carboxylic acids is 1. The van der Waals surface area contributed by atoms with Gasteiger partial charge in [0.05, 0.1) is 13.7 Å². The molecule has 2 heterocycles. The van der Waals surface area contributed by atoms with Crippen molar-refractivity contribution in [3.05, 3.63) is 83.0 Å². The minimum atomic E-state index is -1.08. The standard InChI is InChI=1S/C25H19ClN2O5S2/c1-31-16-7-9-18(10-8-16)34-23-22(24(29)30)28(25(27-23)35-17-5-3-2-4-6-17)13-15-11-20-21(12-19(15)26)33-14-32-20/h2-12H,13-14H2,1H3,(H,29,30). The van der Waals surface area contributed by atoms with Crippen LogP contribution >= 0.6 is 35.1 Å². The lowest BCUT2D eigenvalue weighted by Crippen LogP contribution is -2.11. The van der Waals surface area contributed by atoms with Gasteiger partial charge in [-0.05, 0) is 48.0 Å². The first kappa shape index (κ1) is 23.5. The summed E-state index contributed by atoms with van der Waals surface area (Å²) in [6.45, 7) is 0.320. The fourth-order valence-corrected chi connectivity index (χ4v) is 5.61. The van der Waals surface area contributed by atoms with Gasteiger partial charge in [-0.2, -0.15) is 0 Å². The molecule has 0 atom stereocenters. The average Bonchev–Trinajstić information content (AvgIpc) is 3.44. The number of hydrogen-bond donors (Lipinski definition) is 1. The maximum Gasteiger partial charge on any atom is 0.355 e. The van der Waals surface area contributed by atoms with Crippen molar-refractivity contribution < 1.29 is 24.1 Å². The van der Waals surface area contributed by atoms with E-state index in [1.54, 1.807) is 23.8 Å². The molecule has 7 nitrogen and oxygen atoms in total. The van der Waals surface area contributed by atoms with Gasteiger partial charge in [-0.15, -0.1) is 0 Å². The first-order valence-corrected chi connectivity index (χ1v) is 12.5. The fourth-order valence-electron chi connectivity index (χ4n) is 3.51. The van der Waals surface area contributed by atoms with E-state index in [4.69, 9.17) is 30.8 Å². The van der Waals surface area contributed by atoms with Gasteiger partial charge in [0.2, 0.25) is 6.79 Å². The molecule has 4 aromatic rings. The molecule has 3 aromatic carbocycles. The third-order valence-electron chi connectivity index (χ3n) is 5.20. The topological polar surface area (TPSA) is 82.8 Å². The molecule has 1 N–H and O–H groups in total. The van der Waals surface area contributed by atoms with E-state index in [1.807, 2.05) is 54.6 Å². The molecule has 1 aromatic heterocycles. The second kappa shape index (κ2) is 10.2. The van der Waals surface area contributed by atoms with Crippen LogP contribution < -0.4 is 14.2 Å². The van der Waals surface area contributed by atoms with Crippen LogP contribution in [0.1, 0.15) is 16.1 Å². The number of rotatable bonds is 8. The number of aromatic nitrogens is 2. The van der Waals surface area contributed by atoms with E-state index in [2.05, 4.69) is 0 Å². The molecule has 0 radical (unpaired) electrons. The maximum atomic E-state index is 12.5.